The van der Waals surface area contributed by atoms with Crippen molar-refractivity contribution in [2.75, 3.05) is 22.5 Å². The van der Waals surface area contributed by atoms with Crippen LogP contribution in [0.15, 0.2) is 67.3 Å². The minimum atomic E-state index is -0.217. The fourth-order valence-electron chi connectivity index (χ4n) is 3.96. The maximum atomic E-state index is 12.7. The molecule has 0 aliphatic heterocycles. The summed E-state index contributed by atoms with van der Waals surface area (Å²) in [5, 5.41) is 9.25. The molecule has 32 heavy (non-hydrogen) atoms. The molecular formula is C25H29N5O2. The van der Waals surface area contributed by atoms with Gasteiger partial charge in [-0.15, -0.1) is 0 Å². The van der Waals surface area contributed by atoms with Crippen molar-refractivity contribution in [1.29, 1.82) is 0 Å². The van der Waals surface area contributed by atoms with Gasteiger partial charge in [0.05, 0.1) is 6.33 Å². The summed E-state index contributed by atoms with van der Waals surface area (Å²) in [6.07, 6.45) is 10.8. The Morgan fingerprint density at radius 3 is 2.50 bits per heavy atom. The summed E-state index contributed by atoms with van der Waals surface area (Å²) >= 11 is 0. The van der Waals surface area contributed by atoms with Gasteiger partial charge in [0.1, 0.15) is 0 Å². The van der Waals surface area contributed by atoms with E-state index in [0.717, 1.165) is 23.8 Å². The second-order valence-electron chi connectivity index (χ2n) is 8.24. The van der Waals surface area contributed by atoms with E-state index in [1.807, 2.05) is 35.0 Å². The number of amides is 2. The van der Waals surface area contributed by atoms with Crippen molar-refractivity contribution < 1.29 is 9.59 Å². The molecule has 1 aliphatic rings. The number of benzene rings is 2. The summed E-state index contributed by atoms with van der Waals surface area (Å²) in [7, 11) is 0. The van der Waals surface area contributed by atoms with Gasteiger partial charge in [0.15, 0.2) is 0 Å². The number of anilines is 3. The van der Waals surface area contributed by atoms with E-state index in [4.69, 9.17) is 0 Å². The zero-order chi connectivity index (χ0) is 22.2. The van der Waals surface area contributed by atoms with E-state index in [1.165, 1.54) is 25.7 Å². The Morgan fingerprint density at radius 1 is 0.969 bits per heavy atom. The molecule has 1 fully saturated rings. The number of aromatic nitrogens is 2. The van der Waals surface area contributed by atoms with Gasteiger partial charge in [0.25, 0.3) is 5.91 Å². The van der Waals surface area contributed by atoms with Gasteiger partial charge in [-0.05, 0) is 61.2 Å². The van der Waals surface area contributed by atoms with Crippen LogP contribution < -0.4 is 16.0 Å². The smallest absolute Gasteiger partial charge is 0.255 e. The molecule has 0 spiro atoms. The summed E-state index contributed by atoms with van der Waals surface area (Å²) in [6, 6.07) is 14.7. The molecule has 3 N–H and O–H groups in total. The second kappa shape index (κ2) is 10.6. The largest absolute Gasteiger partial charge is 0.385 e. The molecule has 1 aromatic heterocycles. The Kier molecular flexibility index (Phi) is 7.17. The van der Waals surface area contributed by atoms with Crippen molar-refractivity contribution >= 4 is 28.9 Å². The van der Waals surface area contributed by atoms with E-state index in [9.17, 15) is 9.59 Å². The van der Waals surface area contributed by atoms with Crippen LogP contribution in [0.4, 0.5) is 17.1 Å². The van der Waals surface area contributed by atoms with Crippen LogP contribution in [-0.2, 0) is 11.3 Å². The summed E-state index contributed by atoms with van der Waals surface area (Å²) in [5.41, 5.74) is 2.88. The van der Waals surface area contributed by atoms with E-state index in [1.54, 1.807) is 36.8 Å². The molecule has 1 heterocycles. The minimum Gasteiger partial charge on any atom is -0.385 e. The van der Waals surface area contributed by atoms with Crippen LogP contribution in [0.2, 0.25) is 0 Å². The quantitative estimate of drug-likeness (QED) is 0.456. The van der Waals surface area contributed by atoms with Crippen molar-refractivity contribution in [2.45, 2.75) is 38.6 Å². The lowest BCUT2D eigenvalue weighted by Gasteiger charge is -2.12. The fourth-order valence-corrected chi connectivity index (χ4v) is 3.96. The first-order valence-electron chi connectivity index (χ1n) is 11.2. The predicted molar refractivity (Wildman–Crippen MR) is 127 cm³/mol. The van der Waals surface area contributed by atoms with Crippen LogP contribution in [0, 0.1) is 5.92 Å². The van der Waals surface area contributed by atoms with Crippen LogP contribution in [0.25, 0.3) is 0 Å². The van der Waals surface area contributed by atoms with Gasteiger partial charge in [-0.25, -0.2) is 4.98 Å². The molecule has 7 nitrogen and oxygen atoms in total. The van der Waals surface area contributed by atoms with Gasteiger partial charge < -0.3 is 20.5 Å². The summed E-state index contributed by atoms with van der Waals surface area (Å²) in [5.74, 6) is 0.441. The topological polar surface area (TPSA) is 88.0 Å². The Bertz CT molecular complexity index is 1020. The highest BCUT2D eigenvalue weighted by Gasteiger charge is 2.14. The second-order valence-corrected chi connectivity index (χ2v) is 8.24. The molecule has 7 heteroatoms. The van der Waals surface area contributed by atoms with Gasteiger partial charge in [-0.3, -0.25) is 9.59 Å². The van der Waals surface area contributed by atoms with Crippen molar-refractivity contribution in [3.05, 3.63) is 72.8 Å². The van der Waals surface area contributed by atoms with Crippen molar-refractivity contribution in [1.82, 2.24) is 9.55 Å². The van der Waals surface area contributed by atoms with Gasteiger partial charge >= 0.3 is 0 Å². The maximum absolute atomic E-state index is 12.7. The van der Waals surface area contributed by atoms with Gasteiger partial charge in [-0.1, -0.05) is 18.9 Å². The number of nitrogens with one attached hydrogen (secondary N) is 3. The summed E-state index contributed by atoms with van der Waals surface area (Å²) in [6.45, 7) is 1.56. The first kappa shape index (κ1) is 21.6. The van der Waals surface area contributed by atoms with Crippen LogP contribution in [-0.4, -0.2) is 27.9 Å². The number of rotatable bonds is 9. The Labute approximate surface area is 188 Å². The third-order valence-corrected chi connectivity index (χ3v) is 5.78. The van der Waals surface area contributed by atoms with E-state index in [0.29, 0.717) is 24.2 Å². The molecule has 0 saturated heterocycles. The summed E-state index contributed by atoms with van der Waals surface area (Å²) in [4.78, 5) is 28.8. The predicted octanol–water partition coefficient (Wildman–Crippen LogP) is 4.77. The zero-order valence-corrected chi connectivity index (χ0v) is 18.1. The lowest BCUT2D eigenvalue weighted by molar-refractivity contribution is -0.116. The van der Waals surface area contributed by atoms with Crippen LogP contribution in [0.1, 0.15) is 42.5 Å². The summed E-state index contributed by atoms with van der Waals surface area (Å²) < 4.78 is 1.85. The van der Waals surface area contributed by atoms with Crippen molar-refractivity contribution in [2.24, 2.45) is 5.92 Å². The average Bonchev–Trinajstić information content (AvgIpc) is 3.52. The van der Waals surface area contributed by atoms with E-state index in [-0.39, 0.29) is 11.8 Å². The minimum absolute atomic E-state index is 0.114. The first-order valence-corrected chi connectivity index (χ1v) is 11.2. The van der Waals surface area contributed by atoms with E-state index < -0.39 is 0 Å². The van der Waals surface area contributed by atoms with Crippen LogP contribution in [0.5, 0.6) is 0 Å². The fraction of sp³-hybridized carbons (Fsp3) is 0.320. The number of carbonyl (C=O) groups excluding carboxylic acids is 2. The number of aryl methyl sites for hydroxylation is 1. The standard InChI is InChI=1S/C25H29N5O2/c31-24(12-14-30-15-13-26-18-30)28-23-7-3-6-20(16-23)25(32)29-22-10-8-21(9-11-22)27-17-19-4-1-2-5-19/h3,6-11,13,15-16,18-19,27H,1-2,4-5,12,14,17H2,(H,28,31)(H,29,32). The molecular weight excluding hydrogens is 402 g/mol. The van der Waals surface area contributed by atoms with E-state index >= 15 is 0 Å². The Morgan fingerprint density at radius 2 is 1.75 bits per heavy atom. The third-order valence-electron chi connectivity index (χ3n) is 5.78. The molecule has 0 atom stereocenters. The molecule has 166 valence electrons. The van der Waals surface area contributed by atoms with Crippen molar-refractivity contribution in [3.8, 4) is 0 Å². The number of hydrogen-bond donors (Lipinski definition) is 3. The normalized spacial score (nSPS) is 13.6. The first-order chi connectivity index (χ1) is 15.7. The van der Waals surface area contributed by atoms with Crippen molar-refractivity contribution in [3.63, 3.8) is 0 Å². The number of carbonyl (C=O) groups is 2. The van der Waals surface area contributed by atoms with Gasteiger partial charge in [0.2, 0.25) is 5.91 Å². The number of hydrogen-bond acceptors (Lipinski definition) is 4. The Balaban J connectivity index is 1.27. The molecule has 3 aromatic rings. The Hall–Kier alpha value is -3.61. The third kappa shape index (κ3) is 6.20. The number of imidazole rings is 1. The monoisotopic (exact) mass is 431 g/mol. The highest BCUT2D eigenvalue weighted by Crippen LogP contribution is 2.25. The zero-order valence-electron chi connectivity index (χ0n) is 18.1. The SMILES string of the molecule is O=C(CCn1ccnc1)Nc1cccc(C(=O)Nc2ccc(NCC3CCCC3)cc2)c1. The van der Waals surface area contributed by atoms with Crippen LogP contribution >= 0.6 is 0 Å². The van der Waals surface area contributed by atoms with E-state index in [2.05, 4.69) is 20.9 Å². The highest BCUT2D eigenvalue weighted by atomic mass is 16.2. The number of nitrogens with zero attached hydrogens (tertiary/aromatic N) is 2. The molecule has 2 amide bonds. The maximum Gasteiger partial charge on any atom is 0.255 e. The molecule has 4 rings (SSSR count). The molecule has 0 unspecified atom stereocenters. The highest BCUT2D eigenvalue weighted by molar-refractivity contribution is 6.05. The van der Waals surface area contributed by atoms with Gasteiger partial charge in [-0.2, -0.15) is 0 Å². The average molecular weight is 432 g/mol. The lowest BCUT2D eigenvalue weighted by Crippen LogP contribution is -2.16. The molecule has 1 aliphatic carbocycles. The lowest BCUT2D eigenvalue weighted by atomic mass is 10.1. The molecule has 0 radical (unpaired) electrons. The molecule has 1 saturated carbocycles. The van der Waals surface area contributed by atoms with Crippen LogP contribution in [0.3, 0.4) is 0 Å². The van der Waals surface area contributed by atoms with Gasteiger partial charge in [0, 0.05) is 54.5 Å². The molecule has 2 aromatic carbocycles. The molecule has 0 bridgehead atoms.